The first kappa shape index (κ1) is 14.5. The van der Waals surface area contributed by atoms with Crippen molar-refractivity contribution in [1.82, 2.24) is 20.1 Å². The zero-order valence-corrected chi connectivity index (χ0v) is 12.4. The maximum absolute atomic E-state index is 5.88. The Morgan fingerprint density at radius 1 is 1.47 bits per heavy atom. The number of aryl methyl sites for hydroxylation is 1. The van der Waals surface area contributed by atoms with Crippen molar-refractivity contribution in [3.63, 3.8) is 0 Å². The highest BCUT2D eigenvalue weighted by Gasteiger charge is 2.44. The Morgan fingerprint density at radius 2 is 2.16 bits per heavy atom. The van der Waals surface area contributed by atoms with Gasteiger partial charge in [0.25, 0.3) is 0 Å². The molecular weight excluding hydrogens is 238 g/mol. The van der Waals surface area contributed by atoms with Crippen LogP contribution in [0.1, 0.15) is 50.6 Å². The van der Waals surface area contributed by atoms with Crippen molar-refractivity contribution < 1.29 is 0 Å². The molecule has 1 aliphatic rings. The number of hydrogen-bond donors (Lipinski definition) is 2. The summed E-state index contributed by atoms with van der Waals surface area (Å²) >= 11 is 0. The molecule has 0 saturated heterocycles. The van der Waals surface area contributed by atoms with E-state index in [1.807, 2.05) is 10.9 Å². The highest BCUT2D eigenvalue weighted by Crippen LogP contribution is 2.42. The van der Waals surface area contributed by atoms with Crippen LogP contribution >= 0.6 is 0 Å². The molecule has 1 heterocycles. The lowest BCUT2D eigenvalue weighted by atomic mass is 9.84. The zero-order valence-electron chi connectivity index (χ0n) is 12.4. The molecule has 1 aromatic rings. The van der Waals surface area contributed by atoms with Crippen LogP contribution in [-0.4, -0.2) is 34.3 Å². The summed E-state index contributed by atoms with van der Waals surface area (Å²) in [6.07, 6.45) is 10.1. The van der Waals surface area contributed by atoms with E-state index in [1.54, 1.807) is 0 Å². The van der Waals surface area contributed by atoms with Crippen LogP contribution in [-0.2, 0) is 6.54 Å². The summed E-state index contributed by atoms with van der Waals surface area (Å²) in [6, 6.07) is 0.149. The van der Waals surface area contributed by atoms with Gasteiger partial charge in [0.15, 0.2) is 0 Å². The van der Waals surface area contributed by atoms with Gasteiger partial charge in [0, 0.05) is 23.8 Å². The third-order valence-electron chi connectivity index (χ3n) is 4.50. The molecule has 0 bridgehead atoms. The van der Waals surface area contributed by atoms with E-state index in [-0.39, 0.29) is 11.6 Å². The molecule has 108 valence electrons. The van der Waals surface area contributed by atoms with E-state index < -0.39 is 0 Å². The molecule has 0 aliphatic heterocycles. The molecule has 0 spiro atoms. The molecule has 1 aliphatic carbocycles. The molecule has 1 unspecified atom stereocenters. The summed E-state index contributed by atoms with van der Waals surface area (Å²) in [4.78, 5) is 2.34. The first-order valence-electron chi connectivity index (χ1n) is 7.30. The van der Waals surface area contributed by atoms with Gasteiger partial charge >= 0.3 is 0 Å². The van der Waals surface area contributed by atoms with Crippen molar-refractivity contribution in [1.29, 1.82) is 0 Å². The molecule has 0 radical (unpaired) electrons. The fourth-order valence-corrected chi connectivity index (χ4v) is 3.42. The molecule has 19 heavy (non-hydrogen) atoms. The highest BCUT2D eigenvalue weighted by atomic mass is 15.3. The minimum Gasteiger partial charge on any atom is -0.302 e. The van der Waals surface area contributed by atoms with Crippen LogP contribution in [0.3, 0.4) is 0 Å². The molecule has 0 aromatic carbocycles. The Labute approximate surface area is 116 Å². The van der Waals surface area contributed by atoms with Crippen LogP contribution in [0.2, 0.25) is 0 Å². The Kier molecular flexibility index (Phi) is 4.60. The number of nitrogens with zero attached hydrogens (tertiary/aromatic N) is 3. The standard InChI is InChI=1S/C14H27N5/c1-4-9-19-11-12(10-16-19)13(17-15)14(18(2)3)7-5-6-8-14/h10-11,13,17H,4-9,15H2,1-3H3. The Bertz CT molecular complexity index is 392. The Hall–Kier alpha value is -0.910. The molecule has 3 N–H and O–H groups in total. The van der Waals surface area contributed by atoms with E-state index in [2.05, 4.69) is 42.6 Å². The van der Waals surface area contributed by atoms with Gasteiger partial charge < -0.3 is 4.90 Å². The fourth-order valence-electron chi connectivity index (χ4n) is 3.42. The van der Waals surface area contributed by atoms with Gasteiger partial charge in [0.2, 0.25) is 0 Å². The number of aromatic nitrogens is 2. The summed E-state index contributed by atoms with van der Waals surface area (Å²) in [7, 11) is 4.32. The Balaban J connectivity index is 2.26. The number of nitrogens with two attached hydrogens (primary N) is 1. The molecule has 1 saturated carbocycles. The van der Waals surface area contributed by atoms with Gasteiger partial charge in [-0.05, 0) is 33.4 Å². The quantitative estimate of drug-likeness (QED) is 0.607. The Morgan fingerprint density at radius 3 is 2.68 bits per heavy atom. The average Bonchev–Trinajstić information content (AvgIpc) is 3.01. The van der Waals surface area contributed by atoms with Gasteiger partial charge in [-0.3, -0.25) is 16.0 Å². The lowest BCUT2D eigenvalue weighted by Crippen LogP contribution is -2.53. The minimum atomic E-state index is 0.120. The molecular formula is C14H27N5. The molecule has 1 atom stereocenters. The number of likely N-dealkylation sites (N-methyl/N-ethyl adjacent to an activating group) is 1. The summed E-state index contributed by atoms with van der Waals surface area (Å²) in [5.74, 6) is 5.88. The first-order chi connectivity index (χ1) is 9.14. The van der Waals surface area contributed by atoms with E-state index >= 15 is 0 Å². The number of nitrogens with one attached hydrogen (secondary N) is 1. The molecule has 1 aromatic heterocycles. The second kappa shape index (κ2) is 6.03. The highest BCUT2D eigenvalue weighted by molar-refractivity contribution is 5.19. The predicted octanol–water partition coefficient (Wildman–Crippen LogP) is 1.67. The van der Waals surface area contributed by atoms with Gasteiger partial charge in [-0.15, -0.1) is 0 Å². The molecule has 1 fully saturated rings. The topological polar surface area (TPSA) is 59.1 Å². The van der Waals surface area contributed by atoms with Gasteiger partial charge in [-0.1, -0.05) is 19.8 Å². The molecule has 5 heteroatoms. The van der Waals surface area contributed by atoms with Crippen molar-refractivity contribution >= 4 is 0 Å². The number of rotatable bonds is 6. The van der Waals surface area contributed by atoms with Crippen molar-refractivity contribution in [2.45, 2.75) is 57.2 Å². The van der Waals surface area contributed by atoms with E-state index in [9.17, 15) is 0 Å². The van der Waals surface area contributed by atoms with Crippen LogP contribution in [0.25, 0.3) is 0 Å². The SMILES string of the molecule is CCCn1cc(C(NN)C2(N(C)C)CCCC2)cn1. The minimum absolute atomic E-state index is 0.120. The second-order valence-electron chi connectivity index (χ2n) is 5.84. The molecule has 5 nitrogen and oxygen atoms in total. The van der Waals surface area contributed by atoms with Crippen LogP contribution < -0.4 is 11.3 Å². The van der Waals surface area contributed by atoms with Crippen LogP contribution in [0.4, 0.5) is 0 Å². The number of hydrazine groups is 1. The molecule has 0 amide bonds. The third-order valence-corrected chi connectivity index (χ3v) is 4.50. The van der Waals surface area contributed by atoms with Gasteiger partial charge in [0.1, 0.15) is 0 Å². The fraction of sp³-hybridized carbons (Fsp3) is 0.786. The zero-order chi connectivity index (χ0) is 13.9. The van der Waals surface area contributed by atoms with E-state index in [4.69, 9.17) is 5.84 Å². The van der Waals surface area contributed by atoms with Crippen LogP contribution in [0.5, 0.6) is 0 Å². The van der Waals surface area contributed by atoms with Crippen molar-refractivity contribution in [3.8, 4) is 0 Å². The van der Waals surface area contributed by atoms with E-state index in [0.717, 1.165) is 13.0 Å². The van der Waals surface area contributed by atoms with Crippen LogP contribution in [0.15, 0.2) is 12.4 Å². The maximum atomic E-state index is 5.88. The van der Waals surface area contributed by atoms with Gasteiger partial charge in [-0.2, -0.15) is 5.10 Å². The lowest BCUT2D eigenvalue weighted by molar-refractivity contribution is 0.105. The normalized spacial score (nSPS) is 20.1. The third kappa shape index (κ3) is 2.68. The number of hydrogen-bond acceptors (Lipinski definition) is 4. The predicted molar refractivity (Wildman–Crippen MR) is 77.5 cm³/mol. The van der Waals surface area contributed by atoms with Crippen LogP contribution in [0, 0.1) is 0 Å². The van der Waals surface area contributed by atoms with E-state index in [0.29, 0.717) is 0 Å². The van der Waals surface area contributed by atoms with Crippen molar-refractivity contribution in [2.24, 2.45) is 5.84 Å². The van der Waals surface area contributed by atoms with Crippen molar-refractivity contribution in [2.75, 3.05) is 14.1 Å². The molecule has 2 rings (SSSR count). The maximum Gasteiger partial charge on any atom is 0.0674 e. The monoisotopic (exact) mass is 265 g/mol. The smallest absolute Gasteiger partial charge is 0.0674 e. The van der Waals surface area contributed by atoms with Crippen molar-refractivity contribution in [3.05, 3.63) is 18.0 Å². The summed E-state index contributed by atoms with van der Waals surface area (Å²) in [5.41, 5.74) is 4.36. The second-order valence-corrected chi connectivity index (χ2v) is 5.84. The first-order valence-corrected chi connectivity index (χ1v) is 7.30. The summed E-state index contributed by atoms with van der Waals surface area (Å²) < 4.78 is 2.01. The van der Waals surface area contributed by atoms with E-state index in [1.165, 1.54) is 31.2 Å². The summed E-state index contributed by atoms with van der Waals surface area (Å²) in [5, 5.41) is 4.44. The van der Waals surface area contributed by atoms with Gasteiger partial charge in [0.05, 0.1) is 12.2 Å². The average molecular weight is 265 g/mol. The summed E-state index contributed by atoms with van der Waals surface area (Å²) in [6.45, 7) is 3.13. The largest absolute Gasteiger partial charge is 0.302 e. The van der Waals surface area contributed by atoms with Gasteiger partial charge in [-0.25, -0.2) is 0 Å². The lowest BCUT2D eigenvalue weighted by Gasteiger charge is -2.42.